The molecular formula is C18H19NO5. The summed E-state index contributed by atoms with van der Waals surface area (Å²) in [6.07, 6.45) is 0. The number of esters is 1. The lowest BCUT2D eigenvalue weighted by molar-refractivity contribution is -0.384. The molecule has 0 aliphatic heterocycles. The van der Waals surface area contributed by atoms with Gasteiger partial charge < -0.3 is 9.47 Å². The van der Waals surface area contributed by atoms with E-state index in [1.165, 1.54) is 24.3 Å². The lowest BCUT2D eigenvalue weighted by Crippen LogP contribution is -2.18. The number of benzene rings is 2. The van der Waals surface area contributed by atoms with E-state index in [4.69, 9.17) is 9.47 Å². The first-order chi connectivity index (χ1) is 11.3. The lowest BCUT2D eigenvalue weighted by Gasteiger charge is -2.19. The van der Waals surface area contributed by atoms with E-state index in [0.29, 0.717) is 5.75 Å². The van der Waals surface area contributed by atoms with Crippen molar-refractivity contribution in [2.24, 2.45) is 0 Å². The maximum Gasteiger partial charge on any atom is 0.349 e. The molecule has 2 aromatic carbocycles. The van der Waals surface area contributed by atoms with Crippen molar-refractivity contribution in [1.29, 1.82) is 0 Å². The molecule has 0 aromatic heterocycles. The number of hydrogen-bond acceptors (Lipinski definition) is 5. The molecule has 6 nitrogen and oxygen atoms in total. The van der Waals surface area contributed by atoms with Crippen LogP contribution >= 0.6 is 0 Å². The predicted octanol–water partition coefficient (Wildman–Crippen LogP) is 3.88. The Bertz CT molecular complexity index is 749. The number of nitrogens with zero attached hydrogens (tertiary/aromatic N) is 1. The van der Waals surface area contributed by atoms with E-state index < -0.39 is 10.9 Å². The maximum absolute atomic E-state index is 11.8. The number of nitro benzene ring substituents is 1. The Morgan fingerprint density at radius 1 is 1.08 bits per heavy atom. The van der Waals surface area contributed by atoms with Gasteiger partial charge >= 0.3 is 5.97 Å². The van der Waals surface area contributed by atoms with E-state index in [-0.39, 0.29) is 23.5 Å². The molecule has 0 aliphatic rings. The number of non-ortho nitro benzene ring substituents is 1. The summed E-state index contributed by atoms with van der Waals surface area (Å²) >= 11 is 0. The van der Waals surface area contributed by atoms with Crippen molar-refractivity contribution >= 4 is 11.7 Å². The molecule has 0 spiro atoms. The van der Waals surface area contributed by atoms with Gasteiger partial charge in [0.15, 0.2) is 6.61 Å². The van der Waals surface area contributed by atoms with E-state index >= 15 is 0 Å². The van der Waals surface area contributed by atoms with E-state index in [1.807, 2.05) is 18.2 Å². The molecule has 2 rings (SSSR count). The third kappa shape index (κ3) is 4.81. The molecule has 0 radical (unpaired) electrons. The molecule has 0 bridgehead atoms. The molecule has 0 atom stereocenters. The summed E-state index contributed by atoms with van der Waals surface area (Å²) in [5.41, 5.74) is 0.925. The van der Waals surface area contributed by atoms with Crippen LogP contribution in [0.5, 0.6) is 11.5 Å². The monoisotopic (exact) mass is 329 g/mol. The highest BCUT2D eigenvalue weighted by atomic mass is 16.6. The number of ether oxygens (including phenoxy) is 2. The van der Waals surface area contributed by atoms with Crippen molar-refractivity contribution in [3.63, 3.8) is 0 Å². The molecule has 0 N–H and O–H groups in total. The summed E-state index contributed by atoms with van der Waals surface area (Å²) < 4.78 is 10.5. The molecule has 0 saturated heterocycles. The predicted molar refractivity (Wildman–Crippen MR) is 89.4 cm³/mol. The van der Waals surface area contributed by atoms with Crippen molar-refractivity contribution in [3.8, 4) is 11.5 Å². The van der Waals surface area contributed by atoms with Gasteiger partial charge in [0.05, 0.1) is 11.0 Å². The molecule has 6 heteroatoms. The zero-order chi connectivity index (χ0) is 17.7. The van der Waals surface area contributed by atoms with Crippen LogP contribution in [-0.4, -0.2) is 17.5 Å². The van der Waals surface area contributed by atoms with Gasteiger partial charge in [-0.25, -0.2) is 4.79 Å². The average Bonchev–Trinajstić information content (AvgIpc) is 2.52. The smallest absolute Gasteiger partial charge is 0.349 e. The fourth-order valence-electron chi connectivity index (χ4n) is 2.02. The van der Waals surface area contributed by atoms with Gasteiger partial charge in [-0.1, -0.05) is 39.0 Å². The number of carbonyl (C=O) groups is 1. The molecule has 0 heterocycles. The average molecular weight is 329 g/mol. The highest BCUT2D eigenvalue weighted by molar-refractivity contribution is 5.74. The summed E-state index contributed by atoms with van der Waals surface area (Å²) in [6.45, 7) is 5.98. The van der Waals surface area contributed by atoms with Gasteiger partial charge in [-0.2, -0.15) is 0 Å². The minimum Gasteiger partial charge on any atom is -0.482 e. The molecule has 2 aromatic rings. The molecule has 0 aliphatic carbocycles. The minimum absolute atomic E-state index is 0.0249. The molecule has 0 unspecified atom stereocenters. The van der Waals surface area contributed by atoms with Crippen molar-refractivity contribution in [2.75, 3.05) is 6.61 Å². The molecule has 0 fully saturated rings. The topological polar surface area (TPSA) is 78.7 Å². The highest BCUT2D eigenvalue weighted by Crippen LogP contribution is 2.25. The van der Waals surface area contributed by atoms with Gasteiger partial charge in [-0.3, -0.25) is 10.1 Å². The zero-order valence-corrected chi connectivity index (χ0v) is 13.8. The molecule has 0 amide bonds. The first kappa shape index (κ1) is 17.5. The Balaban J connectivity index is 1.96. The van der Waals surface area contributed by atoms with Crippen LogP contribution in [0.1, 0.15) is 26.3 Å². The maximum atomic E-state index is 11.8. The fraction of sp³-hybridized carbons (Fsp3) is 0.278. The van der Waals surface area contributed by atoms with Gasteiger partial charge in [-0.05, 0) is 29.2 Å². The normalized spacial score (nSPS) is 11.0. The second-order valence-electron chi connectivity index (χ2n) is 6.30. The van der Waals surface area contributed by atoms with Crippen LogP contribution in [0.25, 0.3) is 0 Å². The van der Waals surface area contributed by atoms with Gasteiger partial charge in [0, 0.05) is 6.07 Å². The Morgan fingerprint density at radius 3 is 2.42 bits per heavy atom. The van der Waals surface area contributed by atoms with Crippen LogP contribution in [0, 0.1) is 10.1 Å². The van der Waals surface area contributed by atoms with Crippen LogP contribution in [0.2, 0.25) is 0 Å². The summed E-state index contributed by atoms with van der Waals surface area (Å²) in [6, 6.07) is 12.9. The summed E-state index contributed by atoms with van der Waals surface area (Å²) in [5.74, 6) is 0.0521. The third-order valence-electron chi connectivity index (χ3n) is 3.32. The SMILES string of the molecule is CC(C)(C)c1cccc(OCC(=O)Oc2cccc([N+](=O)[O-])c2)c1. The molecule has 126 valence electrons. The Kier molecular flexibility index (Phi) is 5.18. The van der Waals surface area contributed by atoms with Crippen molar-refractivity contribution in [3.05, 3.63) is 64.2 Å². The van der Waals surface area contributed by atoms with Crippen LogP contribution in [-0.2, 0) is 10.2 Å². The second-order valence-corrected chi connectivity index (χ2v) is 6.30. The first-order valence-corrected chi connectivity index (χ1v) is 7.44. The van der Waals surface area contributed by atoms with Gasteiger partial charge in [0.2, 0.25) is 0 Å². The van der Waals surface area contributed by atoms with Crippen LogP contribution < -0.4 is 9.47 Å². The van der Waals surface area contributed by atoms with Gasteiger partial charge in [0.1, 0.15) is 11.5 Å². The van der Waals surface area contributed by atoms with Crippen LogP contribution in [0.15, 0.2) is 48.5 Å². The molecule has 24 heavy (non-hydrogen) atoms. The number of hydrogen-bond donors (Lipinski definition) is 0. The summed E-state index contributed by atoms with van der Waals surface area (Å²) in [4.78, 5) is 22.0. The van der Waals surface area contributed by atoms with Crippen molar-refractivity contribution < 1.29 is 19.2 Å². The Morgan fingerprint density at radius 2 is 1.75 bits per heavy atom. The largest absolute Gasteiger partial charge is 0.482 e. The fourth-order valence-corrected chi connectivity index (χ4v) is 2.02. The Hall–Kier alpha value is -2.89. The van der Waals surface area contributed by atoms with Crippen LogP contribution in [0.4, 0.5) is 5.69 Å². The summed E-state index contributed by atoms with van der Waals surface area (Å²) in [7, 11) is 0. The highest BCUT2D eigenvalue weighted by Gasteiger charge is 2.15. The van der Waals surface area contributed by atoms with Gasteiger partial charge in [-0.15, -0.1) is 0 Å². The van der Waals surface area contributed by atoms with E-state index in [9.17, 15) is 14.9 Å². The number of carbonyl (C=O) groups excluding carboxylic acids is 1. The van der Waals surface area contributed by atoms with Crippen LogP contribution in [0.3, 0.4) is 0 Å². The lowest BCUT2D eigenvalue weighted by atomic mass is 9.87. The number of rotatable bonds is 5. The third-order valence-corrected chi connectivity index (χ3v) is 3.32. The quantitative estimate of drug-likeness (QED) is 0.360. The Labute approximate surface area is 140 Å². The molecule has 0 saturated carbocycles. The zero-order valence-electron chi connectivity index (χ0n) is 13.8. The summed E-state index contributed by atoms with van der Waals surface area (Å²) in [5, 5.41) is 10.7. The minimum atomic E-state index is -0.628. The van der Waals surface area contributed by atoms with Gasteiger partial charge in [0.25, 0.3) is 5.69 Å². The standard InChI is InChI=1S/C18H19NO5/c1-18(2,3)13-6-4-8-15(10-13)23-12-17(20)24-16-9-5-7-14(11-16)19(21)22/h4-11H,12H2,1-3H3. The van der Waals surface area contributed by atoms with E-state index in [0.717, 1.165) is 5.56 Å². The second kappa shape index (κ2) is 7.12. The van der Waals surface area contributed by atoms with E-state index in [1.54, 1.807) is 6.07 Å². The number of nitro groups is 1. The first-order valence-electron chi connectivity index (χ1n) is 7.44. The van der Waals surface area contributed by atoms with Crippen molar-refractivity contribution in [2.45, 2.75) is 26.2 Å². The van der Waals surface area contributed by atoms with Crippen molar-refractivity contribution in [1.82, 2.24) is 0 Å². The van der Waals surface area contributed by atoms with E-state index in [2.05, 4.69) is 20.8 Å². The molecular weight excluding hydrogens is 310 g/mol.